The number of piperidine rings is 1. The van der Waals surface area contributed by atoms with Gasteiger partial charge in [-0.1, -0.05) is 18.2 Å². The van der Waals surface area contributed by atoms with Crippen LogP contribution in [0.15, 0.2) is 36.2 Å². The van der Waals surface area contributed by atoms with E-state index in [1.807, 2.05) is 6.08 Å². The summed E-state index contributed by atoms with van der Waals surface area (Å²) < 4.78 is 13.1. The number of aliphatic hydroxyl groups is 1. The number of aliphatic hydroxyl groups excluding tert-OH is 1. The Labute approximate surface area is 103 Å². The van der Waals surface area contributed by atoms with Gasteiger partial charge in [-0.2, -0.15) is 0 Å². The van der Waals surface area contributed by atoms with Crippen molar-refractivity contribution in [3.63, 3.8) is 0 Å². The number of likely N-dealkylation sites (tertiary alicyclic amines) is 1. The van der Waals surface area contributed by atoms with E-state index in [9.17, 15) is 9.50 Å². The molecule has 2 atom stereocenters. The number of hydrogen-bond donors (Lipinski definition) is 1. The fraction of sp³-hybridized carbons (Fsp3) is 0.571. The van der Waals surface area contributed by atoms with E-state index in [4.69, 9.17) is 0 Å². The summed E-state index contributed by atoms with van der Waals surface area (Å²) in [6.45, 7) is 3.93. The molecule has 96 valence electrons. The Morgan fingerprint density at radius 2 is 2.29 bits per heavy atom. The highest BCUT2D eigenvalue weighted by Crippen LogP contribution is 2.23. The second kappa shape index (κ2) is 7.41. The van der Waals surface area contributed by atoms with Gasteiger partial charge in [-0.05, 0) is 45.0 Å². The average molecular weight is 239 g/mol. The van der Waals surface area contributed by atoms with E-state index >= 15 is 0 Å². The molecule has 1 aliphatic rings. The quantitative estimate of drug-likeness (QED) is 0.762. The average Bonchev–Trinajstić information content (AvgIpc) is 2.31. The second-order valence-electron chi connectivity index (χ2n) is 4.59. The fourth-order valence-corrected chi connectivity index (χ4v) is 2.18. The predicted molar refractivity (Wildman–Crippen MR) is 69.3 cm³/mol. The Kier molecular flexibility index (Phi) is 6.16. The van der Waals surface area contributed by atoms with E-state index in [0.29, 0.717) is 5.92 Å². The summed E-state index contributed by atoms with van der Waals surface area (Å²) in [5.74, 6) is 0.381. The molecule has 0 amide bonds. The summed E-state index contributed by atoms with van der Waals surface area (Å²) in [6, 6.07) is 0. The molecular weight excluding hydrogens is 217 g/mol. The lowest BCUT2D eigenvalue weighted by Crippen LogP contribution is -2.39. The molecule has 2 nitrogen and oxygen atoms in total. The van der Waals surface area contributed by atoms with E-state index < -0.39 is 0 Å². The van der Waals surface area contributed by atoms with Crippen LogP contribution in [0.25, 0.3) is 0 Å². The molecule has 0 aromatic heterocycles. The van der Waals surface area contributed by atoms with Crippen LogP contribution in [0.3, 0.4) is 0 Å². The van der Waals surface area contributed by atoms with Gasteiger partial charge in [-0.15, -0.1) is 0 Å². The molecule has 0 aromatic rings. The monoisotopic (exact) mass is 239 g/mol. The second-order valence-corrected chi connectivity index (χ2v) is 4.59. The predicted octanol–water partition coefficient (Wildman–Crippen LogP) is 2.53. The van der Waals surface area contributed by atoms with Gasteiger partial charge in [0.2, 0.25) is 0 Å². The molecule has 1 rings (SSSR count). The first kappa shape index (κ1) is 14.1. The van der Waals surface area contributed by atoms with Gasteiger partial charge >= 0.3 is 0 Å². The van der Waals surface area contributed by atoms with Crippen molar-refractivity contribution in [3.05, 3.63) is 36.2 Å². The normalized spacial score (nSPS) is 28.4. The number of rotatable bonds is 4. The lowest BCUT2D eigenvalue weighted by molar-refractivity contribution is 0.107. The SMILES string of the molecule is C\C=C/C(F)=C\C=C\[C@@H]1CCN(C)C[C@H]1CO. The third-order valence-corrected chi connectivity index (χ3v) is 3.17. The Morgan fingerprint density at radius 3 is 2.94 bits per heavy atom. The highest BCUT2D eigenvalue weighted by Gasteiger charge is 2.24. The lowest BCUT2D eigenvalue weighted by atomic mass is 9.86. The number of halogens is 1. The van der Waals surface area contributed by atoms with Crippen molar-refractivity contribution in [2.24, 2.45) is 11.8 Å². The van der Waals surface area contributed by atoms with Crippen molar-refractivity contribution in [2.45, 2.75) is 13.3 Å². The molecule has 1 N–H and O–H groups in total. The summed E-state index contributed by atoms with van der Waals surface area (Å²) >= 11 is 0. The maximum atomic E-state index is 13.1. The third-order valence-electron chi connectivity index (χ3n) is 3.17. The van der Waals surface area contributed by atoms with E-state index in [2.05, 4.69) is 11.9 Å². The van der Waals surface area contributed by atoms with Gasteiger partial charge in [-0.25, -0.2) is 4.39 Å². The molecule has 1 aliphatic heterocycles. The third kappa shape index (κ3) is 4.84. The summed E-state index contributed by atoms with van der Waals surface area (Å²) in [7, 11) is 2.06. The molecule has 1 saturated heterocycles. The smallest absolute Gasteiger partial charge is 0.122 e. The summed E-state index contributed by atoms with van der Waals surface area (Å²) in [5.41, 5.74) is 0. The molecule has 0 radical (unpaired) electrons. The molecule has 0 bridgehead atoms. The minimum Gasteiger partial charge on any atom is -0.396 e. The van der Waals surface area contributed by atoms with Gasteiger partial charge in [0.05, 0.1) is 0 Å². The zero-order chi connectivity index (χ0) is 12.7. The minimum atomic E-state index is -0.239. The van der Waals surface area contributed by atoms with Gasteiger partial charge in [0.1, 0.15) is 5.83 Å². The summed E-state index contributed by atoms with van der Waals surface area (Å²) in [5, 5.41) is 9.31. The van der Waals surface area contributed by atoms with Crippen LogP contribution in [0.4, 0.5) is 4.39 Å². The standard InChI is InChI=1S/C14H22FNO/c1-3-5-14(15)7-4-6-12-8-9-16(2)10-13(12)11-17/h3-7,12-13,17H,8-11H2,1-2H3/b5-3-,6-4+,14-7+/t12-,13+/m1/s1. The molecule has 0 saturated carbocycles. The van der Waals surface area contributed by atoms with Gasteiger partial charge in [0.15, 0.2) is 0 Å². The zero-order valence-corrected chi connectivity index (χ0v) is 10.6. The Hall–Kier alpha value is -0.930. The highest BCUT2D eigenvalue weighted by molar-refractivity contribution is 5.17. The van der Waals surface area contributed by atoms with E-state index in [1.54, 1.807) is 19.1 Å². The molecule has 0 spiro atoms. The molecule has 0 aromatic carbocycles. The van der Waals surface area contributed by atoms with Crippen LogP contribution < -0.4 is 0 Å². The Morgan fingerprint density at radius 1 is 1.53 bits per heavy atom. The van der Waals surface area contributed by atoms with Gasteiger partial charge in [-0.3, -0.25) is 0 Å². The van der Waals surface area contributed by atoms with Crippen LogP contribution in [-0.2, 0) is 0 Å². The summed E-state index contributed by atoms with van der Waals surface area (Å²) in [4.78, 5) is 2.22. The minimum absolute atomic E-state index is 0.195. The molecule has 1 fully saturated rings. The molecular formula is C14H22FNO. The lowest BCUT2D eigenvalue weighted by Gasteiger charge is -2.34. The van der Waals surface area contributed by atoms with Gasteiger partial charge in [0.25, 0.3) is 0 Å². The Bertz CT molecular complexity index is 309. The van der Waals surface area contributed by atoms with Crippen molar-refractivity contribution in [2.75, 3.05) is 26.7 Å². The van der Waals surface area contributed by atoms with Crippen molar-refractivity contribution in [1.29, 1.82) is 0 Å². The van der Waals surface area contributed by atoms with Crippen molar-refractivity contribution >= 4 is 0 Å². The van der Waals surface area contributed by atoms with Gasteiger partial charge in [0, 0.05) is 19.1 Å². The fourth-order valence-electron chi connectivity index (χ4n) is 2.18. The van der Waals surface area contributed by atoms with Crippen LogP contribution in [0, 0.1) is 11.8 Å². The maximum Gasteiger partial charge on any atom is 0.122 e. The molecule has 17 heavy (non-hydrogen) atoms. The van der Waals surface area contributed by atoms with Crippen LogP contribution >= 0.6 is 0 Å². The summed E-state index contributed by atoms with van der Waals surface area (Å²) in [6.07, 6.45) is 9.36. The van der Waals surface area contributed by atoms with Crippen LogP contribution in [0.5, 0.6) is 0 Å². The zero-order valence-electron chi connectivity index (χ0n) is 10.6. The highest BCUT2D eigenvalue weighted by atomic mass is 19.1. The van der Waals surface area contributed by atoms with E-state index in [1.165, 1.54) is 12.2 Å². The topological polar surface area (TPSA) is 23.5 Å². The van der Waals surface area contributed by atoms with Crippen molar-refractivity contribution < 1.29 is 9.50 Å². The van der Waals surface area contributed by atoms with Crippen LogP contribution in [0.1, 0.15) is 13.3 Å². The Balaban J connectivity index is 2.54. The number of hydrogen-bond acceptors (Lipinski definition) is 2. The molecule has 3 heteroatoms. The first-order chi connectivity index (χ1) is 8.17. The maximum absolute atomic E-state index is 13.1. The van der Waals surface area contributed by atoms with Crippen molar-refractivity contribution in [1.82, 2.24) is 4.90 Å². The van der Waals surface area contributed by atoms with E-state index in [0.717, 1.165) is 19.5 Å². The molecule has 1 heterocycles. The van der Waals surface area contributed by atoms with Crippen molar-refractivity contribution in [3.8, 4) is 0 Å². The largest absolute Gasteiger partial charge is 0.396 e. The van der Waals surface area contributed by atoms with Crippen LogP contribution in [0.2, 0.25) is 0 Å². The van der Waals surface area contributed by atoms with Crippen LogP contribution in [-0.4, -0.2) is 36.8 Å². The molecule has 0 aliphatic carbocycles. The first-order valence-electron chi connectivity index (χ1n) is 6.13. The van der Waals surface area contributed by atoms with Gasteiger partial charge < -0.3 is 10.0 Å². The molecule has 0 unspecified atom stereocenters. The van der Waals surface area contributed by atoms with E-state index in [-0.39, 0.29) is 18.4 Å². The first-order valence-corrected chi connectivity index (χ1v) is 6.13. The number of allylic oxidation sites excluding steroid dienone is 6. The number of nitrogens with zero attached hydrogens (tertiary/aromatic N) is 1.